The first-order valence-electron chi connectivity index (χ1n) is 5.23. The van der Waals surface area contributed by atoms with E-state index in [1.54, 1.807) is 6.92 Å². The van der Waals surface area contributed by atoms with E-state index >= 15 is 0 Å². The molecule has 0 amide bonds. The Balaban J connectivity index is 2.79. The van der Waals surface area contributed by atoms with Gasteiger partial charge in [-0.25, -0.2) is 9.37 Å². The molecule has 7 heteroatoms. The smallest absolute Gasteiger partial charge is 0.222 e. The van der Waals surface area contributed by atoms with Crippen molar-refractivity contribution in [2.24, 2.45) is 0 Å². The maximum Gasteiger partial charge on any atom is 0.222 e. The van der Waals surface area contributed by atoms with E-state index in [9.17, 15) is 4.39 Å². The van der Waals surface area contributed by atoms with Gasteiger partial charge >= 0.3 is 0 Å². The zero-order chi connectivity index (χ0) is 14.2. The highest BCUT2D eigenvalue weighted by molar-refractivity contribution is 6.31. The Bertz CT molecular complexity index is 708. The Labute approximate surface area is 113 Å². The summed E-state index contributed by atoms with van der Waals surface area (Å²) in [6.07, 6.45) is 0. The SMILES string of the molecule is Cc1cc(-c2nc(N)nc(N)c2C#N)c(F)cc1Cl. The third-order valence-corrected chi connectivity index (χ3v) is 2.98. The minimum atomic E-state index is -0.607. The number of nitrogens with two attached hydrogens (primary N) is 2. The van der Waals surface area contributed by atoms with Crippen LogP contribution in [0.4, 0.5) is 16.2 Å². The lowest BCUT2D eigenvalue weighted by Crippen LogP contribution is -2.05. The minimum Gasteiger partial charge on any atom is -0.382 e. The number of nitrogens with zero attached hydrogens (tertiary/aromatic N) is 3. The van der Waals surface area contributed by atoms with Gasteiger partial charge in [-0.1, -0.05) is 11.6 Å². The lowest BCUT2D eigenvalue weighted by atomic mass is 10.0. The van der Waals surface area contributed by atoms with Crippen molar-refractivity contribution in [2.75, 3.05) is 11.5 Å². The average Bonchev–Trinajstić information content (AvgIpc) is 2.33. The molecule has 0 fully saturated rings. The van der Waals surface area contributed by atoms with E-state index in [4.69, 9.17) is 28.3 Å². The summed E-state index contributed by atoms with van der Waals surface area (Å²) in [6.45, 7) is 1.71. The molecule has 0 aliphatic carbocycles. The van der Waals surface area contributed by atoms with Crippen molar-refractivity contribution in [1.29, 1.82) is 5.26 Å². The van der Waals surface area contributed by atoms with Crippen molar-refractivity contribution < 1.29 is 4.39 Å². The first-order chi connectivity index (χ1) is 8.93. The van der Waals surface area contributed by atoms with Crippen molar-refractivity contribution >= 4 is 23.4 Å². The molecular weight excluding hydrogens is 269 g/mol. The van der Waals surface area contributed by atoms with Gasteiger partial charge in [0.15, 0.2) is 0 Å². The third-order valence-electron chi connectivity index (χ3n) is 2.57. The van der Waals surface area contributed by atoms with Crippen LogP contribution in [0, 0.1) is 24.1 Å². The van der Waals surface area contributed by atoms with Gasteiger partial charge in [-0.15, -0.1) is 0 Å². The first-order valence-corrected chi connectivity index (χ1v) is 5.61. The maximum absolute atomic E-state index is 14.0. The summed E-state index contributed by atoms with van der Waals surface area (Å²) >= 11 is 5.82. The molecule has 1 aromatic heterocycles. The van der Waals surface area contributed by atoms with Crippen LogP contribution in [-0.2, 0) is 0 Å². The molecule has 0 aliphatic rings. The molecule has 0 unspecified atom stereocenters. The predicted octanol–water partition coefficient (Wildman–Crippen LogP) is 2.28. The Kier molecular flexibility index (Phi) is 3.23. The molecule has 0 bridgehead atoms. The summed E-state index contributed by atoms with van der Waals surface area (Å²) in [5, 5.41) is 9.35. The molecule has 4 N–H and O–H groups in total. The second kappa shape index (κ2) is 4.71. The summed E-state index contributed by atoms with van der Waals surface area (Å²) in [6, 6.07) is 4.49. The molecule has 5 nitrogen and oxygen atoms in total. The fourth-order valence-corrected chi connectivity index (χ4v) is 1.79. The minimum absolute atomic E-state index is 0.0187. The number of anilines is 2. The lowest BCUT2D eigenvalue weighted by Gasteiger charge is -2.09. The number of nitriles is 1. The highest BCUT2D eigenvalue weighted by atomic mass is 35.5. The second-order valence-corrected chi connectivity index (χ2v) is 4.29. The molecule has 96 valence electrons. The van der Waals surface area contributed by atoms with Gasteiger partial charge in [-0.3, -0.25) is 0 Å². The number of hydrogen-bond donors (Lipinski definition) is 2. The Hall–Kier alpha value is -2.39. The van der Waals surface area contributed by atoms with Gasteiger partial charge in [-0.05, 0) is 24.6 Å². The molecule has 0 radical (unpaired) electrons. The normalized spacial score (nSPS) is 10.2. The largest absolute Gasteiger partial charge is 0.382 e. The fourth-order valence-electron chi connectivity index (χ4n) is 1.64. The average molecular weight is 278 g/mol. The van der Waals surface area contributed by atoms with E-state index in [2.05, 4.69) is 9.97 Å². The topological polar surface area (TPSA) is 102 Å². The van der Waals surface area contributed by atoms with Gasteiger partial charge in [0.05, 0.1) is 5.69 Å². The van der Waals surface area contributed by atoms with Crippen LogP contribution in [0.25, 0.3) is 11.3 Å². The van der Waals surface area contributed by atoms with Crippen molar-refractivity contribution in [3.8, 4) is 17.3 Å². The molecule has 0 atom stereocenters. The summed E-state index contributed by atoms with van der Waals surface area (Å²) < 4.78 is 14.0. The van der Waals surface area contributed by atoms with Crippen LogP contribution in [0.1, 0.15) is 11.1 Å². The first kappa shape index (κ1) is 13.1. The van der Waals surface area contributed by atoms with Crippen LogP contribution >= 0.6 is 11.6 Å². The predicted molar refractivity (Wildman–Crippen MR) is 70.7 cm³/mol. The summed E-state index contributed by atoms with van der Waals surface area (Å²) in [4.78, 5) is 7.56. The van der Waals surface area contributed by atoms with Gasteiger partial charge in [0, 0.05) is 10.6 Å². The number of rotatable bonds is 1. The highest BCUT2D eigenvalue weighted by Gasteiger charge is 2.17. The van der Waals surface area contributed by atoms with Gasteiger partial charge < -0.3 is 11.5 Å². The van der Waals surface area contributed by atoms with Crippen molar-refractivity contribution in [3.05, 3.63) is 34.1 Å². The van der Waals surface area contributed by atoms with E-state index in [1.807, 2.05) is 6.07 Å². The zero-order valence-electron chi connectivity index (χ0n) is 9.91. The van der Waals surface area contributed by atoms with Gasteiger partial charge in [0.2, 0.25) is 5.95 Å². The second-order valence-electron chi connectivity index (χ2n) is 3.88. The van der Waals surface area contributed by atoms with E-state index < -0.39 is 5.82 Å². The van der Waals surface area contributed by atoms with E-state index in [1.165, 1.54) is 6.07 Å². The molecule has 19 heavy (non-hydrogen) atoms. The van der Waals surface area contributed by atoms with Gasteiger partial charge in [-0.2, -0.15) is 10.2 Å². The number of aryl methyl sites for hydroxylation is 1. The van der Waals surface area contributed by atoms with Crippen LogP contribution in [0.2, 0.25) is 5.02 Å². The molecule has 2 aromatic rings. The summed E-state index contributed by atoms with van der Waals surface area (Å²) in [5.41, 5.74) is 11.9. The van der Waals surface area contributed by atoms with Crippen LogP contribution in [-0.4, -0.2) is 9.97 Å². The Morgan fingerprint density at radius 1 is 1.32 bits per heavy atom. The van der Waals surface area contributed by atoms with Gasteiger partial charge in [0.25, 0.3) is 0 Å². The number of nitrogen functional groups attached to an aromatic ring is 2. The molecule has 0 spiro atoms. The Morgan fingerprint density at radius 3 is 2.63 bits per heavy atom. The molecule has 0 saturated carbocycles. The van der Waals surface area contributed by atoms with E-state index in [0.717, 1.165) is 6.07 Å². The lowest BCUT2D eigenvalue weighted by molar-refractivity contribution is 0.630. The summed E-state index contributed by atoms with van der Waals surface area (Å²) in [5.74, 6) is -0.819. The Morgan fingerprint density at radius 2 is 2.00 bits per heavy atom. The zero-order valence-corrected chi connectivity index (χ0v) is 10.7. The van der Waals surface area contributed by atoms with E-state index in [0.29, 0.717) is 5.56 Å². The highest BCUT2D eigenvalue weighted by Crippen LogP contribution is 2.30. The van der Waals surface area contributed by atoms with Gasteiger partial charge in [0.1, 0.15) is 23.3 Å². The van der Waals surface area contributed by atoms with Crippen LogP contribution in [0.5, 0.6) is 0 Å². The van der Waals surface area contributed by atoms with Crippen LogP contribution in [0.15, 0.2) is 12.1 Å². The van der Waals surface area contributed by atoms with Crippen LogP contribution < -0.4 is 11.5 Å². The molecule has 1 heterocycles. The number of halogens is 2. The fraction of sp³-hybridized carbons (Fsp3) is 0.0833. The molecule has 0 aliphatic heterocycles. The quantitative estimate of drug-likeness (QED) is 0.832. The monoisotopic (exact) mass is 277 g/mol. The standard InChI is InChI=1S/C12H9ClFN5/c1-5-2-6(9(14)3-8(5)13)10-7(4-15)11(16)19-12(17)18-10/h2-3H,1H3,(H4,16,17,18,19). The van der Waals surface area contributed by atoms with Crippen molar-refractivity contribution in [3.63, 3.8) is 0 Å². The third kappa shape index (κ3) is 2.28. The summed E-state index contributed by atoms with van der Waals surface area (Å²) in [7, 11) is 0. The molecular formula is C12H9ClFN5. The van der Waals surface area contributed by atoms with Crippen molar-refractivity contribution in [1.82, 2.24) is 9.97 Å². The van der Waals surface area contributed by atoms with Crippen LogP contribution in [0.3, 0.4) is 0 Å². The molecule has 1 aromatic carbocycles. The maximum atomic E-state index is 14.0. The van der Waals surface area contributed by atoms with E-state index in [-0.39, 0.29) is 33.6 Å². The number of benzene rings is 1. The number of aromatic nitrogens is 2. The van der Waals surface area contributed by atoms with Crippen molar-refractivity contribution in [2.45, 2.75) is 6.92 Å². The molecule has 0 saturated heterocycles. The molecule has 2 rings (SSSR count). The number of hydrogen-bond acceptors (Lipinski definition) is 5.